The van der Waals surface area contributed by atoms with Crippen molar-refractivity contribution in [2.24, 2.45) is 0 Å². The second-order valence-electron chi connectivity index (χ2n) is 7.69. The number of amides is 1. The van der Waals surface area contributed by atoms with Gasteiger partial charge in [0.2, 0.25) is 11.9 Å². The fourth-order valence-electron chi connectivity index (χ4n) is 3.80. The number of carbonyl (C=O) groups is 1. The van der Waals surface area contributed by atoms with Crippen molar-refractivity contribution in [2.45, 2.75) is 0 Å². The number of morpholine rings is 1. The average Bonchev–Trinajstić information content (AvgIpc) is 3.34. The fourth-order valence-corrected chi connectivity index (χ4v) is 3.80. The molecule has 9 nitrogen and oxygen atoms in total. The Morgan fingerprint density at radius 3 is 2.82 bits per heavy atom. The van der Waals surface area contributed by atoms with Crippen LogP contribution in [0.1, 0.15) is 0 Å². The standard InChI is InChI=1S/C24H22FN7O2/c1-2-21(33)27-16-6-7-20(25)18(13-16)22-19-14-26-31-23(19)30-24(29-22)28-15-4-3-5-17(12-15)32-8-10-34-11-9-32/h2-7,12-14H,1,8-11H2,(H,27,33)(H2,26,28,29,30,31). The molecule has 1 fully saturated rings. The predicted molar refractivity (Wildman–Crippen MR) is 129 cm³/mol. The molecule has 5 rings (SSSR count). The Labute approximate surface area is 194 Å². The summed E-state index contributed by atoms with van der Waals surface area (Å²) < 4.78 is 20.3. The van der Waals surface area contributed by atoms with Gasteiger partial charge in [-0.25, -0.2) is 9.37 Å². The number of ether oxygens (including phenoxy) is 1. The second kappa shape index (κ2) is 9.28. The number of nitrogens with one attached hydrogen (secondary N) is 3. The third-order valence-corrected chi connectivity index (χ3v) is 5.46. The number of hydrogen-bond donors (Lipinski definition) is 3. The van der Waals surface area contributed by atoms with Crippen molar-refractivity contribution in [2.75, 3.05) is 41.8 Å². The molecule has 4 aromatic rings. The summed E-state index contributed by atoms with van der Waals surface area (Å²) in [5.74, 6) is -0.597. The number of carbonyl (C=O) groups excluding carboxylic acids is 1. The number of H-pyrrole nitrogens is 1. The lowest BCUT2D eigenvalue weighted by Gasteiger charge is -2.29. The van der Waals surface area contributed by atoms with E-state index in [1.165, 1.54) is 18.2 Å². The van der Waals surface area contributed by atoms with Crippen molar-refractivity contribution >= 4 is 40.0 Å². The average molecular weight is 459 g/mol. The summed E-state index contributed by atoms with van der Waals surface area (Å²) in [5.41, 5.74) is 3.29. The quantitative estimate of drug-likeness (QED) is 0.376. The first kappa shape index (κ1) is 21.5. The van der Waals surface area contributed by atoms with Crippen molar-refractivity contribution < 1.29 is 13.9 Å². The number of nitrogens with zero attached hydrogens (tertiary/aromatic N) is 4. The zero-order chi connectivity index (χ0) is 23.5. The first-order valence-corrected chi connectivity index (χ1v) is 10.7. The molecule has 1 saturated heterocycles. The number of aromatic amines is 1. The minimum Gasteiger partial charge on any atom is -0.378 e. The van der Waals surface area contributed by atoms with Crippen LogP contribution >= 0.6 is 0 Å². The minimum atomic E-state index is -0.488. The molecule has 0 bridgehead atoms. The van der Waals surface area contributed by atoms with E-state index in [1.54, 1.807) is 6.20 Å². The third kappa shape index (κ3) is 4.44. The Balaban J connectivity index is 1.50. The normalized spacial score (nSPS) is 13.6. The zero-order valence-electron chi connectivity index (χ0n) is 18.2. The predicted octanol–water partition coefficient (Wildman–Crippen LogP) is 3.86. The van der Waals surface area contributed by atoms with Gasteiger partial charge in [0.15, 0.2) is 5.65 Å². The highest BCUT2D eigenvalue weighted by Crippen LogP contribution is 2.31. The van der Waals surface area contributed by atoms with E-state index in [4.69, 9.17) is 4.74 Å². The molecule has 0 radical (unpaired) electrons. The van der Waals surface area contributed by atoms with Crippen LogP contribution in [0.4, 0.5) is 27.4 Å². The maximum absolute atomic E-state index is 14.9. The summed E-state index contributed by atoms with van der Waals surface area (Å²) >= 11 is 0. The molecule has 0 atom stereocenters. The number of aromatic nitrogens is 4. The van der Waals surface area contributed by atoms with Gasteiger partial charge in [-0.2, -0.15) is 10.1 Å². The van der Waals surface area contributed by atoms with Crippen molar-refractivity contribution in [1.82, 2.24) is 20.2 Å². The Bertz CT molecular complexity index is 1360. The number of rotatable bonds is 6. The van der Waals surface area contributed by atoms with Crippen LogP contribution in [0.3, 0.4) is 0 Å². The minimum absolute atomic E-state index is 0.209. The topological polar surface area (TPSA) is 108 Å². The van der Waals surface area contributed by atoms with Gasteiger partial charge in [0.05, 0.1) is 30.5 Å². The monoisotopic (exact) mass is 459 g/mol. The van der Waals surface area contributed by atoms with E-state index in [-0.39, 0.29) is 11.5 Å². The maximum atomic E-state index is 14.9. The SMILES string of the molecule is C=CC(=O)Nc1ccc(F)c(-c2nc(Nc3cccc(N4CCOCC4)c3)nc3[nH]ncc23)c1. The van der Waals surface area contributed by atoms with Gasteiger partial charge in [0, 0.05) is 35.7 Å². The molecule has 10 heteroatoms. The van der Waals surface area contributed by atoms with Gasteiger partial charge < -0.3 is 20.3 Å². The number of halogens is 1. The third-order valence-electron chi connectivity index (χ3n) is 5.46. The molecular formula is C24H22FN7O2. The largest absolute Gasteiger partial charge is 0.378 e. The van der Waals surface area contributed by atoms with E-state index in [0.717, 1.165) is 30.5 Å². The van der Waals surface area contributed by atoms with Crippen LogP contribution in [-0.4, -0.2) is 52.4 Å². The van der Waals surface area contributed by atoms with Crippen LogP contribution in [0.5, 0.6) is 0 Å². The van der Waals surface area contributed by atoms with Crippen LogP contribution < -0.4 is 15.5 Å². The van der Waals surface area contributed by atoms with E-state index < -0.39 is 11.7 Å². The van der Waals surface area contributed by atoms with Gasteiger partial charge in [0.1, 0.15) is 5.82 Å². The lowest BCUT2D eigenvalue weighted by Crippen LogP contribution is -2.36. The van der Waals surface area contributed by atoms with E-state index in [0.29, 0.717) is 35.6 Å². The highest BCUT2D eigenvalue weighted by atomic mass is 19.1. The lowest BCUT2D eigenvalue weighted by atomic mass is 10.1. The van der Waals surface area contributed by atoms with E-state index in [1.807, 2.05) is 24.3 Å². The van der Waals surface area contributed by atoms with Crippen molar-refractivity contribution in [3.05, 3.63) is 67.1 Å². The molecule has 0 saturated carbocycles. The van der Waals surface area contributed by atoms with Gasteiger partial charge in [-0.1, -0.05) is 12.6 Å². The smallest absolute Gasteiger partial charge is 0.247 e. The van der Waals surface area contributed by atoms with E-state index >= 15 is 0 Å². The number of anilines is 4. The molecule has 1 aliphatic rings. The maximum Gasteiger partial charge on any atom is 0.247 e. The molecule has 0 spiro atoms. The number of hydrogen-bond acceptors (Lipinski definition) is 7. The van der Waals surface area contributed by atoms with Gasteiger partial charge in [-0.3, -0.25) is 9.89 Å². The number of benzene rings is 2. The van der Waals surface area contributed by atoms with Crippen LogP contribution in [0.2, 0.25) is 0 Å². The molecule has 0 aliphatic carbocycles. The van der Waals surface area contributed by atoms with Gasteiger partial charge in [-0.15, -0.1) is 0 Å². The molecule has 3 heterocycles. The fraction of sp³-hybridized carbons (Fsp3) is 0.167. The number of fused-ring (bicyclic) bond motifs is 1. The Morgan fingerprint density at radius 2 is 2.00 bits per heavy atom. The molecule has 0 unspecified atom stereocenters. The van der Waals surface area contributed by atoms with Gasteiger partial charge in [-0.05, 0) is 42.5 Å². The van der Waals surface area contributed by atoms with E-state index in [9.17, 15) is 9.18 Å². The Kier molecular flexibility index (Phi) is 5.88. The van der Waals surface area contributed by atoms with Crippen LogP contribution in [0.25, 0.3) is 22.3 Å². The summed E-state index contributed by atoms with van der Waals surface area (Å²) in [7, 11) is 0. The van der Waals surface area contributed by atoms with Crippen molar-refractivity contribution in [3.8, 4) is 11.3 Å². The first-order valence-electron chi connectivity index (χ1n) is 10.7. The van der Waals surface area contributed by atoms with Crippen LogP contribution in [0, 0.1) is 5.82 Å². The van der Waals surface area contributed by atoms with Gasteiger partial charge >= 0.3 is 0 Å². The molecule has 2 aromatic carbocycles. The molecule has 172 valence electrons. The summed E-state index contributed by atoms with van der Waals surface area (Å²) in [6.45, 7) is 6.47. The van der Waals surface area contributed by atoms with Crippen molar-refractivity contribution in [3.63, 3.8) is 0 Å². The van der Waals surface area contributed by atoms with Crippen molar-refractivity contribution in [1.29, 1.82) is 0 Å². The Hall–Kier alpha value is -4.31. The molecular weight excluding hydrogens is 437 g/mol. The molecule has 1 aliphatic heterocycles. The first-order chi connectivity index (χ1) is 16.6. The van der Waals surface area contributed by atoms with Crippen LogP contribution in [-0.2, 0) is 9.53 Å². The summed E-state index contributed by atoms with van der Waals surface area (Å²) in [6.07, 6.45) is 2.69. The molecule has 3 N–H and O–H groups in total. The highest BCUT2D eigenvalue weighted by molar-refractivity contribution is 6.00. The summed E-state index contributed by atoms with van der Waals surface area (Å²) in [5, 5.41) is 13.3. The summed E-state index contributed by atoms with van der Waals surface area (Å²) in [6, 6.07) is 12.2. The zero-order valence-corrected chi connectivity index (χ0v) is 18.2. The molecule has 2 aromatic heterocycles. The van der Waals surface area contributed by atoms with E-state index in [2.05, 4.69) is 42.3 Å². The van der Waals surface area contributed by atoms with Gasteiger partial charge in [0.25, 0.3) is 0 Å². The molecule has 34 heavy (non-hydrogen) atoms. The molecule has 1 amide bonds. The van der Waals surface area contributed by atoms with Crippen LogP contribution in [0.15, 0.2) is 61.3 Å². The summed E-state index contributed by atoms with van der Waals surface area (Å²) in [4.78, 5) is 23.0. The Morgan fingerprint density at radius 1 is 1.15 bits per heavy atom. The second-order valence-corrected chi connectivity index (χ2v) is 7.69. The lowest BCUT2D eigenvalue weighted by molar-refractivity contribution is -0.111. The highest BCUT2D eigenvalue weighted by Gasteiger charge is 2.17.